The van der Waals surface area contributed by atoms with Crippen molar-refractivity contribution >= 4 is 39.3 Å². The molecule has 1 unspecified atom stereocenters. The van der Waals surface area contributed by atoms with Gasteiger partial charge in [-0.3, -0.25) is 9.59 Å². The van der Waals surface area contributed by atoms with E-state index in [1.807, 2.05) is 13.8 Å². The number of nitrogens with zero attached hydrogens (tertiary/aromatic N) is 3. The van der Waals surface area contributed by atoms with Crippen LogP contribution in [0.25, 0.3) is 0 Å². The third-order valence-electron chi connectivity index (χ3n) is 5.52. The molecule has 1 aliphatic rings. The van der Waals surface area contributed by atoms with Crippen molar-refractivity contribution in [2.75, 3.05) is 31.5 Å². The number of carbonyl (C=O) groups is 2. The van der Waals surface area contributed by atoms with Crippen LogP contribution in [0, 0.1) is 5.92 Å². The van der Waals surface area contributed by atoms with Gasteiger partial charge in [-0.15, -0.1) is 0 Å². The number of aromatic nitrogens is 1. The fourth-order valence-corrected chi connectivity index (χ4v) is 5.30. The molecule has 1 atom stereocenters. The summed E-state index contributed by atoms with van der Waals surface area (Å²) in [5.74, 6) is -0.531. The molecule has 1 aromatic carbocycles. The standard InChI is InChI=1S/C22H27ClN4O4S/c1-3-26(4-2)22(29)16-7-10-19(11-8-16)32(30,31)27-13-5-6-17(15-27)21(28)25-20-12-9-18(23)14-24-20/h7-12,14,17H,3-6,13,15H2,1-2H3,(H,24,25,28). The van der Waals surface area contributed by atoms with Crippen LogP contribution in [0.2, 0.25) is 5.02 Å². The van der Waals surface area contributed by atoms with E-state index in [1.165, 1.54) is 34.8 Å². The van der Waals surface area contributed by atoms with Gasteiger partial charge in [0.15, 0.2) is 0 Å². The summed E-state index contributed by atoms with van der Waals surface area (Å²) in [6.07, 6.45) is 2.59. The Balaban J connectivity index is 1.70. The topological polar surface area (TPSA) is 99.7 Å². The van der Waals surface area contributed by atoms with E-state index in [0.29, 0.717) is 48.9 Å². The second-order valence-corrected chi connectivity index (χ2v) is 9.93. The van der Waals surface area contributed by atoms with Gasteiger partial charge in [-0.25, -0.2) is 13.4 Å². The lowest BCUT2D eigenvalue weighted by molar-refractivity contribution is -0.120. The zero-order valence-electron chi connectivity index (χ0n) is 18.1. The Labute approximate surface area is 193 Å². The maximum absolute atomic E-state index is 13.2. The summed E-state index contributed by atoms with van der Waals surface area (Å²) in [5.41, 5.74) is 0.444. The molecule has 1 aromatic heterocycles. The average Bonchev–Trinajstić information content (AvgIpc) is 2.81. The largest absolute Gasteiger partial charge is 0.339 e. The fourth-order valence-electron chi connectivity index (χ4n) is 3.66. The number of sulfonamides is 1. The minimum absolute atomic E-state index is 0.0852. The predicted octanol–water partition coefficient (Wildman–Crippen LogP) is 3.26. The first-order valence-corrected chi connectivity index (χ1v) is 12.4. The first-order valence-electron chi connectivity index (χ1n) is 10.6. The van der Waals surface area contributed by atoms with E-state index in [9.17, 15) is 18.0 Å². The number of benzene rings is 1. The zero-order valence-corrected chi connectivity index (χ0v) is 19.7. The molecule has 3 rings (SSSR count). The van der Waals surface area contributed by atoms with Gasteiger partial charge in [-0.05, 0) is 63.1 Å². The van der Waals surface area contributed by atoms with Crippen molar-refractivity contribution in [3.63, 3.8) is 0 Å². The molecule has 172 valence electrons. The van der Waals surface area contributed by atoms with Gasteiger partial charge in [0.05, 0.1) is 15.8 Å². The summed E-state index contributed by atoms with van der Waals surface area (Å²) < 4.78 is 27.6. The molecule has 1 N–H and O–H groups in total. The molecule has 32 heavy (non-hydrogen) atoms. The second kappa shape index (κ2) is 10.4. The minimum Gasteiger partial charge on any atom is -0.339 e. The molecule has 0 radical (unpaired) electrons. The van der Waals surface area contributed by atoms with Crippen molar-refractivity contribution in [2.45, 2.75) is 31.6 Å². The number of hydrogen-bond donors (Lipinski definition) is 1. The quantitative estimate of drug-likeness (QED) is 0.658. The van der Waals surface area contributed by atoms with E-state index in [0.717, 1.165) is 0 Å². The molecule has 1 aliphatic heterocycles. The Hall–Kier alpha value is -2.49. The van der Waals surface area contributed by atoms with Crippen molar-refractivity contribution in [3.8, 4) is 0 Å². The highest BCUT2D eigenvalue weighted by molar-refractivity contribution is 7.89. The van der Waals surface area contributed by atoms with E-state index in [2.05, 4.69) is 10.3 Å². The van der Waals surface area contributed by atoms with Gasteiger partial charge in [0.2, 0.25) is 15.9 Å². The number of amides is 2. The first kappa shape index (κ1) is 24.2. The number of rotatable bonds is 7. The number of hydrogen-bond acceptors (Lipinski definition) is 5. The maximum Gasteiger partial charge on any atom is 0.253 e. The number of carbonyl (C=O) groups excluding carboxylic acids is 2. The van der Waals surface area contributed by atoms with Gasteiger partial charge in [0.1, 0.15) is 5.82 Å². The predicted molar refractivity (Wildman–Crippen MR) is 123 cm³/mol. The first-order chi connectivity index (χ1) is 15.3. The van der Waals surface area contributed by atoms with Crippen LogP contribution in [-0.2, 0) is 14.8 Å². The molecule has 0 saturated carbocycles. The third kappa shape index (κ3) is 5.46. The molecule has 2 amide bonds. The highest BCUT2D eigenvalue weighted by atomic mass is 35.5. The normalized spacial score (nSPS) is 17.0. The monoisotopic (exact) mass is 478 g/mol. The van der Waals surface area contributed by atoms with Crippen LogP contribution in [0.3, 0.4) is 0 Å². The second-order valence-electron chi connectivity index (χ2n) is 7.55. The van der Waals surface area contributed by atoms with Crippen molar-refractivity contribution in [1.82, 2.24) is 14.2 Å². The van der Waals surface area contributed by atoms with E-state index in [-0.39, 0.29) is 23.3 Å². The number of halogens is 1. The molecule has 2 heterocycles. The van der Waals surface area contributed by atoms with Gasteiger partial charge >= 0.3 is 0 Å². The van der Waals surface area contributed by atoms with Gasteiger partial charge in [-0.2, -0.15) is 4.31 Å². The van der Waals surface area contributed by atoms with Crippen LogP contribution in [0.1, 0.15) is 37.0 Å². The van der Waals surface area contributed by atoms with Crippen LogP contribution in [0.4, 0.5) is 5.82 Å². The van der Waals surface area contributed by atoms with Crippen molar-refractivity contribution < 1.29 is 18.0 Å². The molecule has 8 nitrogen and oxygen atoms in total. The minimum atomic E-state index is -3.79. The lowest BCUT2D eigenvalue weighted by Crippen LogP contribution is -2.43. The van der Waals surface area contributed by atoms with Crippen LogP contribution in [0.5, 0.6) is 0 Å². The summed E-state index contributed by atoms with van der Waals surface area (Å²) in [5, 5.41) is 3.18. The molecule has 1 fully saturated rings. The Morgan fingerprint density at radius 2 is 1.84 bits per heavy atom. The number of piperidine rings is 1. The van der Waals surface area contributed by atoms with Gasteiger partial charge in [-0.1, -0.05) is 11.6 Å². The smallest absolute Gasteiger partial charge is 0.253 e. The third-order valence-corrected chi connectivity index (χ3v) is 7.63. The van der Waals surface area contributed by atoms with E-state index in [4.69, 9.17) is 11.6 Å². The van der Waals surface area contributed by atoms with Crippen LogP contribution in [-0.4, -0.2) is 60.6 Å². The molecule has 0 bridgehead atoms. The van der Waals surface area contributed by atoms with Crippen LogP contribution >= 0.6 is 11.6 Å². The molecular weight excluding hydrogens is 452 g/mol. The summed E-state index contributed by atoms with van der Waals surface area (Å²) in [6.45, 7) is 5.38. The van der Waals surface area contributed by atoms with E-state index < -0.39 is 15.9 Å². The Morgan fingerprint density at radius 1 is 1.16 bits per heavy atom. The number of anilines is 1. The van der Waals surface area contributed by atoms with E-state index in [1.54, 1.807) is 17.0 Å². The summed E-state index contributed by atoms with van der Waals surface area (Å²) in [7, 11) is -3.79. The lowest BCUT2D eigenvalue weighted by Gasteiger charge is -2.31. The number of nitrogens with one attached hydrogen (secondary N) is 1. The van der Waals surface area contributed by atoms with Crippen LogP contribution in [0.15, 0.2) is 47.5 Å². The highest BCUT2D eigenvalue weighted by Gasteiger charge is 2.33. The highest BCUT2D eigenvalue weighted by Crippen LogP contribution is 2.25. The van der Waals surface area contributed by atoms with Gasteiger partial charge in [0, 0.05) is 37.9 Å². The average molecular weight is 479 g/mol. The molecule has 1 saturated heterocycles. The Morgan fingerprint density at radius 3 is 2.44 bits per heavy atom. The Bertz CT molecular complexity index is 1050. The molecule has 10 heteroatoms. The fraction of sp³-hybridized carbons (Fsp3) is 0.409. The van der Waals surface area contributed by atoms with Gasteiger partial charge in [0.25, 0.3) is 5.91 Å². The molecule has 2 aromatic rings. The Kier molecular flexibility index (Phi) is 7.86. The molecular formula is C22H27ClN4O4S. The summed E-state index contributed by atoms with van der Waals surface area (Å²) in [4.78, 5) is 30.9. The molecule has 0 aliphatic carbocycles. The van der Waals surface area contributed by atoms with Crippen molar-refractivity contribution in [3.05, 3.63) is 53.2 Å². The zero-order chi connectivity index (χ0) is 23.3. The summed E-state index contributed by atoms with van der Waals surface area (Å²) in [6, 6.07) is 9.19. The van der Waals surface area contributed by atoms with Crippen molar-refractivity contribution in [1.29, 1.82) is 0 Å². The SMILES string of the molecule is CCN(CC)C(=O)c1ccc(S(=O)(=O)N2CCCC(C(=O)Nc3ccc(Cl)cn3)C2)cc1. The maximum atomic E-state index is 13.2. The molecule has 0 spiro atoms. The summed E-state index contributed by atoms with van der Waals surface area (Å²) >= 11 is 5.81. The van der Waals surface area contributed by atoms with Crippen molar-refractivity contribution in [2.24, 2.45) is 5.92 Å². The van der Waals surface area contributed by atoms with Gasteiger partial charge < -0.3 is 10.2 Å². The number of pyridine rings is 1. The van der Waals surface area contributed by atoms with Crippen LogP contribution < -0.4 is 5.32 Å². The lowest BCUT2D eigenvalue weighted by atomic mass is 9.99. The van der Waals surface area contributed by atoms with E-state index >= 15 is 0 Å².